The van der Waals surface area contributed by atoms with E-state index in [0.29, 0.717) is 5.56 Å². The number of hydrazone groups is 1. The number of halogens is 2. The van der Waals surface area contributed by atoms with Gasteiger partial charge >= 0.3 is 5.69 Å². The molecule has 2 aromatic rings. The van der Waals surface area contributed by atoms with E-state index < -0.39 is 27.0 Å². The Labute approximate surface area is 137 Å². The molecule has 118 valence electrons. The predicted octanol–water partition coefficient (Wildman–Crippen LogP) is 3.85. The van der Waals surface area contributed by atoms with Crippen LogP contribution in [-0.2, 0) is 0 Å². The Morgan fingerprint density at radius 2 is 1.87 bits per heavy atom. The Balaban J connectivity index is 2.22. The molecule has 0 spiro atoms. The summed E-state index contributed by atoms with van der Waals surface area (Å²) in [5.74, 6) is -0.430. The number of benzene rings is 2. The third kappa shape index (κ3) is 4.07. The van der Waals surface area contributed by atoms with Crippen LogP contribution < -0.4 is 5.43 Å². The van der Waals surface area contributed by atoms with Crippen LogP contribution in [0.4, 0.5) is 21.5 Å². The number of non-ortho nitro benzene ring substituents is 1. The number of nitro benzene ring substituents is 2. The molecule has 1 N–H and O–H groups in total. The molecule has 0 aliphatic rings. The van der Waals surface area contributed by atoms with Gasteiger partial charge in [0, 0.05) is 6.07 Å². The van der Waals surface area contributed by atoms with Crippen molar-refractivity contribution in [3.63, 3.8) is 0 Å². The second-order valence-corrected chi connectivity index (χ2v) is 5.11. The Morgan fingerprint density at radius 3 is 2.48 bits per heavy atom. The van der Waals surface area contributed by atoms with Gasteiger partial charge in [-0.1, -0.05) is 6.07 Å². The highest BCUT2D eigenvalue weighted by Gasteiger charge is 2.19. The molecule has 10 heteroatoms. The molecule has 0 unspecified atom stereocenters. The average molecular weight is 383 g/mol. The number of hydrogen-bond acceptors (Lipinski definition) is 6. The van der Waals surface area contributed by atoms with E-state index in [-0.39, 0.29) is 10.2 Å². The zero-order valence-electron chi connectivity index (χ0n) is 11.3. The Kier molecular flexibility index (Phi) is 4.96. The Bertz CT molecular complexity index is 813. The lowest BCUT2D eigenvalue weighted by Gasteiger charge is -2.02. The van der Waals surface area contributed by atoms with Crippen molar-refractivity contribution in [3.8, 4) is 0 Å². The van der Waals surface area contributed by atoms with E-state index in [4.69, 9.17) is 0 Å². The summed E-state index contributed by atoms with van der Waals surface area (Å²) in [6, 6.07) is 7.33. The monoisotopic (exact) mass is 382 g/mol. The fourth-order valence-corrected chi connectivity index (χ4v) is 2.04. The van der Waals surface area contributed by atoms with Crippen molar-refractivity contribution in [1.82, 2.24) is 0 Å². The van der Waals surface area contributed by atoms with Crippen LogP contribution in [0.25, 0.3) is 0 Å². The summed E-state index contributed by atoms with van der Waals surface area (Å²) >= 11 is 3.02. The molecule has 0 bridgehead atoms. The summed E-state index contributed by atoms with van der Waals surface area (Å²) < 4.78 is 13.3. The second-order valence-electron chi connectivity index (χ2n) is 4.26. The number of rotatable bonds is 5. The van der Waals surface area contributed by atoms with E-state index >= 15 is 0 Å². The van der Waals surface area contributed by atoms with Crippen molar-refractivity contribution in [2.75, 3.05) is 5.43 Å². The number of nitrogens with one attached hydrogen (secondary N) is 1. The second kappa shape index (κ2) is 6.92. The molecule has 0 fully saturated rings. The van der Waals surface area contributed by atoms with Gasteiger partial charge in [0.1, 0.15) is 11.5 Å². The van der Waals surface area contributed by atoms with E-state index in [2.05, 4.69) is 26.5 Å². The van der Waals surface area contributed by atoms with Gasteiger partial charge in [0.15, 0.2) is 0 Å². The number of nitrogens with zero attached hydrogens (tertiary/aromatic N) is 3. The van der Waals surface area contributed by atoms with Gasteiger partial charge in [-0.25, -0.2) is 4.39 Å². The highest BCUT2D eigenvalue weighted by atomic mass is 79.9. The standard InChI is InChI=1S/C13H8BrFN4O4/c14-10-5-8(1-3-11(10)15)7-16-17-12-4-2-9(18(20)21)6-13(12)19(22)23/h1-7,17H/b16-7-. The Hall–Kier alpha value is -2.88. The number of nitro groups is 2. The van der Waals surface area contributed by atoms with Gasteiger partial charge in [0.05, 0.1) is 26.6 Å². The van der Waals surface area contributed by atoms with Crippen molar-refractivity contribution in [2.24, 2.45) is 5.10 Å². The number of anilines is 1. The zero-order valence-corrected chi connectivity index (χ0v) is 12.9. The molecule has 0 aliphatic heterocycles. The quantitative estimate of drug-likeness (QED) is 0.479. The molecule has 8 nitrogen and oxygen atoms in total. The van der Waals surface area contributed by atoms with Crippen LogP contribution in [0.15, 0.2) is 46.0 Å². The molecular weight excluding hydrogens is 375 g/mol. The topological polar surface area (TPSA) is 111 Å². The largest absolute Gasteiger partial charge is 0.301 e. The van der Waals surface area contributed by atoms with E-state index in [1.54, 1.807) is 0 Å². The summed E-state index contributed by atoms with van der Waals surface area (Å²) in [5, 5.41) is 25.4. The summed E-state index contributed by atoms with van der Waals surface area (Å²) in [6.45, 7) is 0. The summed E-state index contributed by atoms with van der Waals surface area (Å²) in [6.07, 6.45) is 1.33. The summed E-state index contributed by atoms with van der Waals surface area (Å²) in [7, 11) is 0. The molecule has 2 rings (SSSR count). The van der Waals surface area contributed by atoms with Gasteiger partial charge in [-0.3, -0.25) is 25.7 Å². The van der Waals surface area contributed by atoms with Gasteiger partial charge in [-0.2, -0.15) is 5.10 Å². The average Bonchev–Trinajstić information content (AvgIpc) is 2.50. The minimum absolute atomic E-state index is 0.00183. The van der Waals surface area contributed by atoms with Crippen LogP contribution in [-0.4, -0.2) is 16.1 Å². The van der Waals surface area contributed by atoms with Crippen LogP contribution in [0.2, 0.25) is 0 Å². The van der Waals surface area contributed by atoms with Crippen molar-refractivity contribution in [2.45, 2.75) is 0 Å². The molecule has 0 saturated heterocycles. The van der Waals surface area contributed by atoms with Gasteiger partial charge < -0.3 is 0 Å². The highest BCUT2D eigenvalue weighted by Crippen LogP contribution is 2.28. The lowest BCUT2D eigenvalue weighted by molar-refractivity contribution is -0.393. The normalized spacial score (nSPS) is 10.7. The summed E-state index contributed by atoms with van der Waals surface area (Å²) in [4.78, 5) is 20.1. The van der Waals surface area contributed by atoms with Crippen molar-refractivity contribution in [1.29, 1.82) is 0 Å². The first-order valence-corrected chi connectivity index (χ1v) is 6.85. The third-order valence-corrected chi connectivity index (χ3v) is 3.34. The van der Waals surface area contributed by atoms with Gasteiger partial charge in [0.2, 0.25) is 0 Å². The molecule has 0 saturated carbocycles. The maximum Gasteiger partial charge on any atom is 0.301 e. The predicted molar refractivity (Wildman–Crippen MR) is 85.1 cm³/mol. The summed E-state index contributed by atoms with van der Waals surface area (Å²) in [5.41, 5.74) is 2.12. The van der Waals surface area contributed by atoms with Crippen LogP contribution in [0.5, 0.6) is 0 Å². The first kappa shape index (κ1) is 16.5. The Morgan fingerprint density at radius 1 is 1.13 bits per heavy atom. The molecule has 2 aromatic carbocycles. The fourth-order valence-electron chi connectivity index (χ4n) is 1.65. The SMILES string of the molecule is O=[N+]([O-])c1ccc(N/N=C\c2ccc(F)c(Br)c2)c([N+](=O)[O-])c1. The van der Waals surface area contributed by atoms with Gasteiger partial charge in [0.25, 0.3) is 5.69 Å². The first-order chi connectivity index (χ1) is 10.9. The lowest BCUT2D eigenvalue weighted by Crippen LogP contribution is -1.98. The van der Waals surface area contributed by atoms with Crippen LogP contribution in [0, 0.1) is 26.0 Å². The first-order valence-electron chi connectivity index (χ1n) is 6.05. The van der Waals surface area contributed by atoms with Crippen molar-refractivity contribution >= 4 is 39.2 Å². The molecule has 23 heavy (non-hydrogen) atoms. The van der Waals surface area contributed by atoms with Crippen LogP contribution >= 0.6 is 15.9 Å². The third-order valence-electron chi connectivity index (χ3n) is 2.73. The van der Waals surface area contributed by atoms with Crippen molar-refractivity contribution in [3.05, 3.63) is 72.5 Å². The van der Waals surface area contributed by atoms with E-state index in [9.17, 15) is 24.6 Å². The van der Waals surface area contributed by atoms with E-state index in [0.717, 1.165) is 12.1 Å². The van der Waals surface area contributed by atoms with Gasteiger partial charge in [-0.05, 0) is 39.7 Å². The zero-order chi connectivity index (χ0) is 17.0. The van der Waals surface area contributed by atoms with E-state index in [1.807, 2.05) is 0 Å². The molecule has 0 aliphatic carbocycles. The number of hydrogen-bond donors (Lipinski definition) is 1. The smallest absolute Gasteiger partial charge is 0.272 e. The van der Waals surface area contributed by atoms with Crippen molar-refractivity contribution < 1.29 is 14.2 Å². The molecule has 0 radical (unpaired) electrons. The maximum atomic E-state index is 13.1. The maximum absolute atomic E-state index is 13.1. The van der Waals surface area contributed by atoms with Gasteiger partial charge in [-0.15, -0.1) is 0 Å². The molecule has 0 aromatic heterocycles. The molecule has 0 atom stereocenters. The molecule has 0 amide bonds. The minimum Gasteiger partial charge on any atom is -0.272 e. The molecular formula is C13H8BrFN4O4. The molecule has 0 heterocycles. The van der Waals surface area contributed by atoms with Crippen LogP contribution in [0.3, 0.4) is 0 Å². The van der Waals surface area contributed by atoms with Crippen LogP contribution in [0.1, 0.15) is 5.56 Å². The highest BCUT2D eigenvalue weighted by molar-refractivity contribution is 9.10. The minimum atomic E-state index is -0.751. The fraction of sp³-hybridized carbons (Fsp3) is 0. The lowest BCUT2D eigenvalue weighted by atomic mass is 10.2. The van der Waals surface area contributed by atoms with E-state index in [1.165, 1.54) is 30.5 Å².